The van der Waals surface area contributed by atoms with Gasteiger partial charge in [0.2, 0.25) is 0 Å². The van der Waals surface area contributed by atoms with E-state index in [0.29, 0.717) is 15.7 Å². The maximum Gasteiger partial charge on any atom is 0.271 e. The fourth-order valence-electron chi connectivity index (χ4n) is 2.40. The van der Waals surface area contributed by atoms with Gasteiger partial charge in [0.05, 0.1) is 11.9 Å². The van der Waals surface area contributed by atoms with Gasteiger partial charge in [-0.15, -0.1) is 11.3 Å². The maximum absolute atomic E-state index is 12.4. The van der Waals surface area contributed by atoms with Crippen LogP contribution in [-0.2, 0) is 22.9 Å². The summed E-state index contributed by atoms with van der Waals surface area (Å²) in [5.74, 6) is 0.654. The predicted octanol–water partition coefficient (Wildman–Crippen LogP) is 4.81. The summed E-state index contributed by atoms with van der Waals surface area (Å²) in [5, 5.41) is 3.20. The summed E-state index contributed by atoms with van der Waals surface area (Å²) in [6.45, 7) is 4.12. The average molecular weight is 388 g/mol. The molecule has 0 aliphatic carbocycles. The van der Waals surface area contributed by atoms with Crippen LogP contribution in [0.2, 0.25) is 0 Å². The monoisotopic (exact) mass is 387 g/mol. The van der Waals surface area contributed by atoms with E-state index >= 15 is 0 Å². The Bertz CT molecular complexity index is 963. The van der Waals surface area contributed by atoms with E-state index < -0.39 is 10.0 Å². The zero-order valence-corrected chi connectivity index (χ0v) is 16.3. The number of nitrogens with zero attached hydrogens (tertiary/aromatic N) is 1. The van der Waals surface area contributed by atoms with E-state index in [0.717, 1.165) is 23.4 Å². The highest BCUT2D eigenvalue weighted by Crippen LogP contribution is 2.25. The Morgan fingerprint density at radius 2 is 1.65 bits per heavy atom. The van der Waals surface area contributed by atoms with Crippen molar-refractivity contribution in [3.8, 4) is 0 Å². The Hall–Kier alpha value is -2.38. The van der Waals surface area contributed by atoms with Crippen LogP contribution in [0.4, 0.5) is 17.2 Å². The number of thiophene rings is 1. The maximum atomic E-state index is 12.4. The van der Waals surface area contributed by atoms with Crippen molar-refractivity contribution in [1.82, 2.24) is 4.98 Å². The molecule has 0 atom stereocenters. The minimum Gasteiger partial charge on any atom is -0.340 e. The lowest BCUT2D eigenvalue weighted by molar-refractivity contribution is 0.603. The van der Waals surface area contributed by atoms with E-state index in [1.54, 1.807) is 18.2 Å². The summed E-state index contributed by atoms with van der Waals surface area (Å²) in [7, 11) is -3.57. The molecule has 136 valence electrons. The van der Waals surface area contributed by atoms with Crippen molar-refractivity contribution in [1.29, 1.82) is 0 Å². The fourth-order valence-corrected chi connectivity index (χ4v) is 4.74. The normalized spacial score (nSPS) is 11.3. The molecule has 2 heterocycles. The Balaban J connectivity index is 1.68. The molecule has 0 saturated carbocycles. The molecule has 0 fully saturated rings. The molecule has 3 aromatic rings. The SMILES string of the molecule is CCc1ccc(Nc2ccc(NS(=O)(=O)c3ccc(CC)s3)cn2)cc1. The van der Waals surface area contributed by atoms with Gasteiger partial charge in [0, 0.05) is 10.6 Å². The van der Waals surface area contributed by atoms with Crippen LogP contribution < -0.4 is 10.0 Å². The van der Waals surface area contributed by atoms with Crippen LogP contribution in [-0.4, -0.2) is 13.4 Å². The Kier molecular flexibility index (Phi) is 5.58. The van der Waals surface area contributed by atoms with Gasteiger partial charge in [0.1, 0.15) is 10.0 Å². The zero-order valence-electron chi connectivity index (χ0n) is 14.7. The number of nitrogens with one attached hydrogen (secondary N) is 2. The molecule has 0 saturated heterocycles. The standard InChI is InChI=1S/C19H21N3O2S2/c1-3-14-5-7-15(8-6-14)21-18-11-9-16(13-20-18)22-26(23,24)19-12-10-17(4-2)25-19/h5-13,22H,3-4H2,1-2H3,(H,20,21). The first-order valence-electron chi connectivity index (χ1n) is 8.43. The second kappa shape index (κ2) is 7.88. The second-order valence-corrected chi connectivity index (χ2v) is 8.86. The third kappa shape index (κ3) is 4.42. The van der Waals surface area contributed by atoms with Gasteiger partial charge in [-0.1, -0.05) is 26.0 Å². The number of hydrogen-bond donors (Lipinski definition) is 2. The van der Waals surface area contributed by atoms with Gasteiger partial charge < -0.3 is 5.32 Å². The molecule has 5 nitrogen and oxygen atoms in total. The average Bonchev–Trinajstić information content (AvgIpc) is 3.14. The Morgan fingerprint density at radius 3 is 2.23 bits per heavy atom. The lowest BCUT2D eigenvalue weighted by Gasteiger charge is -2.09. The van der Waals surface area contributed by atoms with Crippen LogP contribution in [0.25, 0.3) is 0 Å². The number of benzene rings is 1. The van der Waals surface area contributed by atoms with E-state index in [-0.39, 0.29) is 0 Å². The van der Waals surface area contributed by atoms with E-state index in [9.17, 15) is 8.42 Å². The summed E-state index contributed by atoms with van der Waals surface area (Å²) in [6, 6.07) is 15.0. The largest absolute Gasteiger partial charge is 0.340 e. The van der Waals surface area contributed by atoms with Gasteiger partial charge in [-0.05, 0) is 54.8 Å². The van der Waals surface area contributed by atoms with Gasteiger partial charge in [-0.25, -0.2) is 13.4 Å². The summed E-state index contributed by atoms with van der Waals surface area (Å²) < 4.78 is 27.7. The summed E-state index contributed by atoms with van der Waals surface area (Å²) >= 11 is 1.28. The van der Waals surface area contributed by atoms with Crippen molar-refractivity contribution < 1.29 is 8.42 Å². The molecule has 0 unspecified atom stereocenters. The summed E-state index contributed by atoms with van der Waals surface area (Å²) in [5.41, 5.74) is 2.64. The third-order valence-electron chi connectivity index (χ3n) is 3.90. The molecule has 7 heteroatoms. The quantitative estimate of drug-likeness (QED) is 0.610. The van der Waals surface area contributed by atoms with Crippen molar-refractivity contribution in [3.63, 3.8) is 0 Å². The molecule has 0 aliphatic rings. The number of aryl methyl sites for hydroxylation is 2. The second-order valence-electron chi connectivity index (χ2n) is 5.79. The highest BCUT2D eigenvalue weighted by molar-refractivity contribution is 7.94. The molecule has 0 spiro atoms. The smallest absolute Gasteiger partial charge is 0.271 e. The molecule has 0 aliphatic heterocycles. The molecule has 26 heavy (non-hydrogen) atoms. The first-order valence-corrected chi connectivity index (χ1v) is 10.7. The molecular formula is C19H21N3O2S2. The van der Waals surface area contributed by atoms with Crippen molar-refractivity contribution in [2.75, 3.05) is 10.0 Å². The molecular weight excluding hydrogens is 366 g/mol. The number of anilines is 3. The van der Waals surface area contributed by atoms with Gasteiger partial charge in [-0.3, -0.25) is 4.72 Å². The van der Waals surface area contributed by atoms with Crippen molar-refractivity contribution in [2.24, 2.45) is 0 Å². The van der Waals surface area contributed by atoms with Gasteiger partial charge >= 0.3 is 0 Å². The number of aromatic nitrogens is 1. The van der Waals surface area contributed by atoms with E-state index in [1.807, 2.05) is 25.1 Å². The Morgan fingerprint density at radius 1 is 0.923 bits per heavy atom. The first kappa shape index (κ1) is 18.4. The minimum absolute atomic E-state index is 0.313. The van der Waals surface area contributed by atoms with Crippen LogP contribution in [0.5, 0.6) is 0 Å². The van der Waals surface area contributed by atoms with Crippen LogP contribution in [0.1, 0.15) is 24.3 Å². The van der Waals surface area contributed by atoms with Gasteiger partial charge in [0.25, 0.3) is 10.0 Å². The van der Waals surface area contributed by atoms with E-state index in [2.05, 4.69) is 34.1 Å². The fraction of sp³-hybridized carbons (Fsp3) is 0.211. The minimum atomic E-state index is -3.57. The highest BCUT2D eigenvalue weighted by atomic mass is 32.2. The number of sulfonamides is 1. The van der Waals surface area contributed by atoms with E-state index in [1.165, 1.54) is 23.1 Å². The number of rotatable bonds is 7. The van der Waals surface area contributed by atoms with Crippen molar-refractivity contribution in [3.05, 3.63) is 65.2 Å². The Labute approximate surface area is 158 Å². The lowest BCUT2D eigenvalue weighted by atomic mass is 10.1. The van der Waals surface area contributed by atoms with Crippen molar-refractivity contribution >= 4 is 38.6 Å². The number of hydrogen-bond acceptors (Lipinski definition) is 5. The molecule has 2 N–H and O–H groups in total. The van der Waals surface area contributed by atoms with Crippen LogP contribution in [0.15, 0.2) is 58.9 Å². The van der Waals surface area contributed by atoms with Gasteiger partial charge in [0.15, 0.2) is 0 Å². The predicted molar refractivity (Wildman–Crippen MR) is 108 cm³/mol. The molecule has 0 amide bonds. The number of pyridine rings is 1. The lowest BCUT2D eigenvalue weighted by Crippen LogP contribution is -2.11. The summed E-state index contributed by atoms with van der Waals surface area (Å²) in [4.78, 5) is 5.32. The van der Waals surface area contributed by atoms with Crippen LogP contribution >= 0.6 is 11.3 Å². The van der Waals surface area contributed by atoms with Crippen LogP contribution in [0.3, 0.4) is 0 Å². The highest BCUT2D eigenvalue weighted by Gasteiger charge is 2.16. The zero-order chi connectivity index (χ0) is 18.6. The van der Waals surface area contributed by atoms with Gasteiger partial charge in [-0.2, -0.15) is 0 Å². The molecule has 0 radical (unpaired) electrons. The first-order chi connectivity index (χ1) is 12.5. The topological polar surface area (TPSA) is 71.1 Å². The third-order valence-corrected chi connectivity index (χ3v) is 7.00. The van der Waals surface area contributed by atoms with Crippen molar-refractivity contribution in [2.45, 2.75) is 30.9 Å². The summed E-state index contributed by atoms with van der Waals surface area (Å²) in [6.07, 6.45) is 3.33. The molecule has 3 rings (SSSR count). The van der Waals surface area contributed by atoms with Crippen LogP contribution in [0, 0.1) is 0 Å². The molecule has 0 bridgehead atoms. The molecule has 2 aromatic heterocycles. The molecule has 1 aromatic carbocycles. The van der Waals surface area contributed by atoms with E-state index in [4.69, 9.17) is 0 Å².